The molecule has 2 aromatic rings. The minimum Gasteiger partial charge on any atom is -0.370 e. The number of aromatic nitrogens is 1. The van der Waals surface area contributed by atoms with Gasteiger partial charge in [0, 0.05) is 31.1 Å². The second kappa shape index (κ2) is 5.72. The first-order valence-corrected chi connectivity index (χ1v) is 7.70. The lowest BCUT2D eigenvalue weighted by Gasteiger charge is -2.26. The van der Waals surface area contributed by atoms with E-state index in [1.54, 1.807) is 4.88 Å². The quantitative estimate of drug-likeness (QED) is 0.927. The summed E-state index contributed by atoms with van der Waals surface area (Å²) >= 11 is 1.89. The molecule has 0 amide bonds. The molecule has 1 aliphatic rings. The molecule has 4 heteroatoms. The molecule has 1 aliphatic heterocycles. The van der Waals surface area contributed by atoms with Gasteiger partial charge in [0.1, 0.15) is 5.82 Å². The van der Waals surface area contributed by atoms with Crippen LogP contribution >= 0.6 is 11.3 Å². The predicted octanol–water partition coefficient (Wildman–Crippen LogP) is 3.13. The Morgan fingerprint density at radius 1 is 1.37 bits per heavy atom. The highest BCUT2D eigenvalue weighted by Crippen LogP contribution is 2.24. The Hall–Kier alpha value is -1.39. The maximum Gasteiger partial charge on any atom is 0.126 e. The molecule has 0 unspecified atom stereocenters. The van der Waals surface area contributed by atoms with E-state index in [0.717, 1.165) is 37.7 Å². The summed E-state index contributed by atoms with van der Waals surface area (Å²) in [5.41, 5.74) is 2.65. The van der Waals surface area contributed by atoms with Gasteiger partial charge in [0.2, 0.25) is 0 Å². The number of nitrogens with zero attached hydrogens (tertiary/aromatic N) is 2. The van der Waals surface area contributed by atoms with Gasteiger partial charge in [-0.25, -0.2) is 4.98 Å². The van der Waals surface area contributed by atoms with Gasteiger partial charge in [0.25, 0.3) is 0 Å². The highest BCUT2D eigenvalue weighted by molar-refractivity contribution is 7.10. The highest BCUT2D eigenvalue weighted by atomic mass is 32.1. The van der Waals surface area contributed by atoms with Crippen LogP contribution in [0.2, 0.25) is 0 Å². The van der Waals surface area contributed by atoms with Crippen LogP contribution < -0.4 is 5.32 Å². The summed E-state index contributed by atoms with van der Waals surface area (Å²) in [7, 11) is 0. The van der Waals surface area contributed by atoms with Gasteiger partial charge >= 0.3 is 0 Å². The summed E-state index contributed by atoms with van der Waals surface area (Å²) in [5.74, 6) is 0.980. The Kier molecular flexibility index (Phi) is 3.80. The third kappa shape index (κ3) is 2.96. The fraction of sp³-hybridized carbons (Fsp3) is 0.400. The zero-order valence-corrected chi connectivity index (χ0v) is 12.0. The van der Waals surface area contributed by atoms with E-state index in [1.807, 2.05) is 17.4 Å². The largest absolute Gasteiger partial charge is 0.370 e. The predicted molar refractivity (Wildman–Crippen MR) is 80.5 cm³/mol. The number of hydrogen-bond acceptors (Lipinski definition) is 4. The first-order chi connectivity index (χ1) is 9.35. The maximum atomic E-state index is 4.65. The number of hydrogen-bond donors (Lipinski definition) is 1. The van der Waals surface area contributed by atoms with E-state index in [4.69, 9.17) is 0 Å². The van der Waals surface area contributed by atoms with Gasteiger partial charge in [-0.3, -0.25) is 4.90 Å². The third-order valence-electron chi connectivity index (χ3n) is 3.44. The molecule has 0 atom stereocenters. The van der Waals surface area contributed by atoms with Crippen molar-refractivity contribution >= 4 is 17.2 Å². The van der Waals surface area contributed by atoms with Gasteiger partial charge in [-0.2, -0.15) is 0 Å². The second-order valence-corrected chi connectivity index (χ2v) is 5.87. The zero-order valence-electron chi connectivity index (χ0n) is 11.2. The average molecular weight is 273 g/mol. The lowest BCUT2D eigenvalue weighted by Crippen LogP contribution is -2.29. The molecule has 0 aromatic carbocycles. The van der Waals surface area contributed by atoms with E-state index in [-0.39, 0.29) is 0 Å². The molecule has 3 rings (SSSR count). The summed E-state index contributed by atoms with van der Waals surface area (Å²) in [6.45, 7) is 6.15. The molecule has 3 nitrogen and oxygen atoms in total. The van der Waals surface area contributed by atoms with Crippen LogP contribution in [0.5, 0.6) is 0 Å². The first kappa shape index (κ1) is 12.6. The standard InChI is InChI=1S/C15H19N3S/c1-2-16-15-5-3-4-13(17-15)11-18-8-6-14-12(10-18)7-9-19-14/h3-5,7,9H,2,6,8,10-11H2,1H3,(H,16,17). The van der Waals surface area contributed by atoms with Crippen molar-refractivity contribution in [3.05, 3.63) is 45.8 Å². The van der Waals surface area contributed by atoms with Crippen LogP contribution in [0.25, 0.3) is 0 Å². The van der Waals surface area contributed by atoms with Crippen molar-refractivity contribution in [3.8, 4) is 0 Å². The normalized spacial score (nSPS) is 15.2. The molecule has 0 fully saturated rings. The molecule has 1 N–H and O–H groups in total. The van der Waals surface area contributed by atoms with Crippen molar-refractivity contribution in [3.63, 3.8) is 0 Å². The van der Waals surface area contributed by atoms with E-state index < -0.39 is 0 Å². The van der Waals surface area contributed by atoms with Crippen molar-refractivity contribution < 1.29 is 0 Å². The van der Waals surface area contributed by atoms with E-state index in [9.17, 15) is 0 Å². The van der Waals surface area contributed by atoms with Crippen LogP contribution in [0.1, 0.15) is 23.1 Å². The smallest absolute Gasteiger partial charge is 0.126 e. The van der Waals surface area contributed by atoms with Crippen LogP contribution in [-0.2, 0) is 19.5 Å². The second-order valence-electron chi connectivity index (χ2n) is 4.87. The molecule has 2 aromatic heterocycles. The maximum absolute atomic E-state index is 4.65. The Labute approximate surface area is 118 Å². The number of pyridine rings is 1. The van der Waals surface area contributed by atoms with Crippen molar-refractivity contribution in [2.45, 2.75) is 26.4 Å². The van der Waals surface area contributed by atoms with Gasteiger partial charge < -0.3 is 5.32 Å². The number of thiophene rings is 1. The lowest BCUT2D eigenvalue weighted by molar-refractivity contribution is 0.244. The topological polar surface area (TPSA) is 28.2 Å². The zero-order chi connectivity index (χ0) is 13.1. The van der Waals surface area contributed by atoms with Gasteiger partial charge in [0.15, 0.2) is 0 Å². The van der Waals surface area contributed by atoms with Gasteiger partial charge in [-0.1, -0.05) is 6.07 Å². The van der Waals surface area contributed by atoms with Crippen molar-refractivity contribution in [2.24, 2.45) is 0 Å². The number of fused-ring (bicyclic) bond motifs is 1. The molecule has 0 spiro atoms. The lowest BCUT2D eigenvalue weighted by atomic mass is 10.1. The molecule has 0 bridgehead atoms. The Morgan fingerprint density at radius 2 is 2.32 bits per heavy atom. The molecule has 100 valence electrons. The molecule has 0 aliphatic carbocycles. The number of nitrogens with one attached hydrogen (secondary N) is 1. The Morgan fingerprint density at radius 3 is 3.21 bits per heavy atom. The molecule has 0 radical (unpaired) electrons. The molecule has 3 heterocycles. The summed E-state index contributed by atoms with van der Waals surface area (Å²) in [6.07, 6.45) is 1.18. The third-order valence-corrected chi connectivity index (χ3v) is 4.46. The van der Waals surface area contributed by atoms with Crippen molar-refractivity contribution in [1.82, 2.24) is 9.88 Å². The van der Waals surface area contributed by atoms with E-state index in [1.165, 1.54) is 12.0 Å². The minimum absolute atomic E-state index is 0.915. The van der Waals surface area contributed by atoms with Crippen LogP contribution in [0.3, 0.4) is 0 Å². The summed E-state index contributed by atoms with van der Waals surface area (Å²) in [5, 5.41) is 5.48. The van der Waals surface area contributed by atoms with Gasteiger partial charge in [-0.15, -0.1) is 11.3 Å². The number of rotatable bonds is 4. The monoisotopic (exact) mass is 273 g/mol. The highest BCUT2D eigenvalue weighted by Gasteiger charge is 2.17. The Balaban J connectivity index is 1.67. The summed E-state index contributed by atoms with van der Waals surface area (Å²) in [4.78, 5) is 8.69. The number of anilines is 1. The first-order valence-electron chi connectivity index (χ1n) is 6.82. The van der Waals surface area contributed by atoms with E-state index in [0.29, 0.717) is 0 Å². The fourth-order valence-corrected chi connectivity index (χ4v) is 3.41. The molecule has 0 saturated heterocycles. The van der Waals surface area contributed by atoms with Crippen LogP contribution in [0.4, 0.5) is 5.82 Å². The summed E-state index contributed by atoms with van der Waals surface area (Å²) < 4.78 is 0. The van der Waals surface area contributed by atoms with Crippen molar-refractivity contribution in [2.75, 3.05) is 18.4 Å². The molecular weight excluding hydrogens is 254 g/mol. The average Bonchev–Trinajstić information content (AvgIpc) is 2.87. The SMILES string of the molecule is CCNc1cccc(CN2CCc3sccc3C2)n1. The van der Waals surface area contributed by atoms with Crippen LogP contribution in [0, 0.1) is 0 Å². The van der Waals surface area contributed by atoms with E-state index in [2.05, 4.69) is 45.7 Å². The molecular formula is C15H19N3S. The molecule has 19 heavy (non-hydrogen) atoms. The van der Waals surface area contributed by atoms with Crippen molar-refractivity contribution in [1.29, 1.82) is 0 Å². The van der Waals surface area contributed by atoms with Gasteiger partial charge in [0.05, 0.1) is 5.69 Å². The minimum atomic E-state index is 0.915. The Bertz CT molecular complexity index is 550. The fourth-order valence-electron chi connectivity index (χ4n) is 2.52. The summed E-state index contributed by atoms with van der Waals surface area (Å²) in [6, 6.07) is 8.49. The van der Waals surface area contributed by atoms with E-state index >= 15 is 0 Å². The molecule has 0 saturated carbocycles. The van der Waals surface area contributed by atoms with Crippen LogP contribution in [0.15, 0.2) is 29.6 Å². The van der Waals surface area contributed by atoms with Gasteiger partial charge in [-0.05, 0) is 42.5 Å². The van der Waals surface area contributed by atoms with Crippen LogP contribution in [-0.4, -0.2) is 23.0 Å².